The fraction of sp³-hybridized carbons (Fsp3) is 0.536. The molecule has 3 rings (SSSR count). The number of anilines is 1. The molecule has 0 bridgehead atoms. The number of pyridine rings is 1. The van der Waals surface area contributed by atoms with E-state index in [0.29, 0.717) is 5.02 Å². The van der Waals surface area contributed by atoms with E-state index >= 15 is 0 Å². The zero-order valence-corrected chi connectivity index (χ0v) is 22.9. The summed E-state index contributed by atoms with van der Waals surface area (Å²) >= 11 is 6.21. The number of fused-ring (bicyclic) bond motifs is 1. The molecular weight excluding hydrogens is 456 g/mol. The maximum absolute atomic E-state index is 6.21. The monoisotopic (exact) mass is 498 g/mol. The molecule has 0 atom stereocenters. The van der Waals surface area contributed by atoms with Crippen molar-refractivity contribution in [2.75, 3.05) is 25.1 Å². The smallest absolute Gasteiger partial charge is 0.152 e. The highest BCUT2D eigenvalue weighted by molar-refractivity contribution is 6.31. The van der Waals surface area contributed by atoms with Crippen molar-refractivity contribution in [1.82, 2.24) is 25.6 Å². The van der Waals surface area contributed by atoms with Gasteiger partial charge in [-0.3, -0.25) is 31.0 Å². The first-order chi connectivity index (χ1) is 17.0. The normalized spacial score (nSPS) is 11.9. The van der Waals surface area contributed by atoms with Crippen LogP contribution in [0.3, 0.4) is 0 Å². The highest BCUT2D eigenvalue weighted by Gasteiger charge is 2.34. The number of aryl methyl sites for hydroxylation is 1. The molecule has 1 aromatic carbocycles. The summed E-state index contributed by atoms with van der Waals surface area (Å²) in [7, 11) is 0. The van der Waals surface area contributed by atoms with Gasteiger partial charge in [0.2, 0.25) is 0 Å². The maximum atomic E-state index is 6.21. The summed E-state index contributed by atoms with van der Waals surface area (Å²) in [4.78, 5) is 4.50. The fourth-order valence-corrected chi connectivity index (χ4v) is 4.65. The Balaban J connectivity index is 2.01. The minimum Gasteiger partial charge on any atom is -0.294 e. The Hall–Kier alpha value is -2.12. The fourth-order valence-electron chi connectivity index (χ4n) is 4.48. The summed E-state index contributed by atoms with van der Waals surface area (Å²) in [5, 5.41) is 13.3. The lowest BCUT2D eigenvalue weighted by atomic mass is 10.1. The predicted octanol–water partition coefficient (Wildman–Crippen LogP) is 6.46. The molecule has 0 unspecified atom stereocenters. The van der Waals surface area contributed by atoms with Gasteiger partial charge in [0.05, 0.1) is 11.2 Å². The van der Waals surface area contributed by atoms with Crippen LogP contribution in [-0.4, -0.2) is 29.3 Å². The third kappa shape index (κ3) is 6.76. The first-order valence-corrected chi connectivity index (χ1v) is 13.6. The molecule has 0 amide bonds. The largest absolute Gasteiger partial charge is 0.294 e. The van der Waals surface area contributed by atoms with Crippen molar-refractivity contribution in [1.29, 1.82) is 0 Å². The van der Waals surface area contributed by atoms with Crippen molar-refractivity contribution in [3.8, 4) is 0 Å². The number of hydrogen-bond acceptors (Lipinski definition) is 5. The molecule has 35 heavy (non-hydrogen) atoms. The first-order valence-electron chi connectivity index (χ1n) is 13.2. The molecule has 0 fully saturated rings. The third-order valence-electron chi connectivity index (χ3n) is 6.53. The van der Waals surface area contributed by atoms with Crippen LogP contribution in [0.5, 0.6) is 0 Å². The number of halogens is 1. The van der Waals surface area contributed by atoms with Crippen molar-refractivity contribution in [2.45, 2.75) is 78.9 Å². The second kappa shape index (κ2) is 13.3. The van der Waals surface area contributed by atoms with Gasteiger partial charge in [-0.05, 0) is 83.1 Å². The van der Waals surface area contributed by atoms with Crippen molar-refractivity contribution >= 4 is 28.2 Å². The average Bonchev–Trinajstić information content (AvgIpc) is 3.13. The van der Waals surface area contributed by atoms with E-state index in [0.717, 1.165) is 80.4 Å². The van der Waals surface area contributed by atoms with Gasteiger partial charge in [0, 0.05) is 33.6 Å². The van der Waals surface area contributed by atoms with E-state index < -0.39 is 5.79 Å². The minimum absolute atomic E-state index is 0.477. The Morgan fingerprint density at radius 2 is 1.46 bits per heavy atom. The van der Waals surface area contributed by atoms with Crippen LogP contribution in [0.15, 0.2) is 36.5 Å². The number of nitrogens with zero attached hydrogens (tertiary/aromatic N) is 2. The molecule has 6 nitrogen and oxygen atoms in total. The minimum atomic E-state index is -0.477. The molecular formula is C28H43ClN6. The van der Waals surface area contributed by atoms with Gasteiger partial charge in [-0.15, -0.1) is 0 Å². The van der Waals surface area contributed by atoms with Crippen LogP contribution in [0, 0.1) is 13.8 Å². The molecule has 0 aliphatic rings. The Morgan fingerprint density at radius 1 is 0.857 bits per heavy atom. The molecule has 2 aromatic heterocycles. The summed E-state index contributed by atoms with van der Waals surface area (Å²) in [6.45, 7) is 13.9. The van der Waals surface area contributed by atoms with Crippen LogP contribution >= 0.6 is 11.6 Å². The highest BCUT2D eigenvalue weighted by Crippen LogP contribution is 2.28. The number of benzene rings is 1. The van der Waals surface area contributed by atoms with E-state index in [1.807, 2.05) is 30.5 Å². The molecule has 2 heterocycles. The molecule has 0 spiro atoms. The average molecular weight is 499 g/mol. The molecule has 0 saturated heterocycles. The number of hydrogen-bond donors (Lipinski definition) is 4. The molecule has 4 N–H and O–H groups in total. The Morgan fingerprint density at radius 3 is 2.03 bits per heavy atom. The molecule has 7 heteroatoms. The van der Waals surface area contributed by atoms with Gasteiger partial charge in [0.25, 0.3) is 0 Å². The van der Waals surface area contributed by atoms with Crippen LogP contribution in [0.1, 0.15) is 76.2 Å². The lowest BCUT2D eigenvalue weighted by Gasteiger charge is -2.38. The van der Waals surface area contributed by atoms with Gasteiger partial charge < -0.3 is 0 Å². The van der Waals surface area contributed by atoms with E-state index in [2.05, 4.69) is 71.7 Å². The standard InChI is InChI=1S/C28H43ClN6/c1-6-9-15-31-28(32-16-10-7-2,33-17-11-8-3)25-19-21(4)35(22(25)5)34-26-14-18-30-27-20-23(29)12-13-24(26)27/h12-14,18-20,31-33H,6-11,15-17H2,1-5H3,(H,30,34). The predicted molar refractivity (Wildman–Crippen MR) is 150 cm³/mol. The van der Waals surface area contributed by atoms with Crippen molar-refractivity contribution < 1.29 is 0 Å². The second-order valence-corrected chi connectivity index (χ2v) is 9.78. The molecule has 0 aliphatic carbocycles. The molecule has 0 aliphatic heterocycles. The van der Waals surface area contributed by atoms with Crippen molar-refractivity contribution in [3.05, 3.63) is 58.5 Å². The molecule has 192 valence electrons. The van der Waals surface area contributed by atoms with Gasteiger partial charge in [-0.2, -0.15) is 0 Å². The zero-order valence-electron chi connectivity index (χ0n) is 22.1. The summed E-state index contributed by atoms with van der Waals surface area (Å²) in [6, 6.07) is 10.1. The maximum Gasteiger partial charge on any atom is 0.152 e. The summed E-state index contributed by atoms with van der Waals surface area (Å²) < 4.78 is 2.18. The molecule has 3 aromatic rings. The van der Waals surface area contributed by atoms with Gasteiger partial charge >= 0.3 is 0 Å². The Kier molecular flexibility index (Phi) is 10.4. The van der Waals surface area contributed by atoms with E-state index in [1.165, 1.54) is 11.3 Å². The van der Waals surface area contributed by atoms with Crippen LogP contribution in [0.2, 0.25) is 5.02 Å². The van der Waals surface area contributed by atoms with Crippen LogP contribution in [-0.2, 0) is 5.79 Å². The number of nitrogens with one attached hydrogen (secondary N) is 4. The summed E-state index contributed by atoms with van der Waals surface area (Å²) in [5.74, 6) is -0.477. The quantitative estimate of drug-likeness (QED) is 0.143. The van der Waals surface area contributed by atoms with E-state index in [1.54, 1.807) is 0 Å². The van der Waals surface area contributed by atoms with E-state index in [4.69, 9.17) is 11.6 Å². The third-order valence-corrected chi connectivity index (χ3v) is 6.77. The molecule has 0 radical (unpaired) electrons. The van der Waals surface area contributed by atoms with Crippen LogP contribution < -0.4 is 21.4 Å². The lowest BCUT2D eigenvalue weighted by Crippen LogP contribution is -2.64. The number of unbranched alkanes of at least 4 members (excludes halogenated alkanes) is 3. The highest BCUT2D eigenvalue weighted by atomic mass is 35.5. The van der Waals surface area contributed by atoms with Crippen molar-refractivity contribution in [2.24, 2.45) is 0 Å². The van der Waals surface area contributed by atoms with E-state index in [9.17, 15) is 0 Å². The number of rotatable bonds is 15. The SMILES string of the molecule is CCCCNC(NCCCC)(NCCCC)c1cc(C)n(Nc2ccnc3cc(Cl)ccc23)c1C. The van der Waals surface area contributed by atoms with Gasteiger partial charge in [0.15, 0.2) is 5.79 Å². The Bertz CT molecular complexity index is 1050. The topological polar surface area (TPSA) is 65.9 Å². The van der Waals surface area contributed by atoms with Crippen molar-refractivity contribution in [3.63, 3.8) is 0 Å². The van der Waals surface area contributed by atoms with Gasteiger partial charge in [0.1, 0.15) is 0 Å². The van der Waals surface area contributed by atoms with E-state index in [-0.39, 0.29) is 0 Å². The lowest BCUT2D eigenvalue weighted by molar-refractivity contribution is 0.195. The zero-order chi connectivity index (χ0) is 25.3. The first kappa shape index (κ1) is 27.5. The summed E-state index contributed by atoms with van der Waals surface area (Å²) in [6.07, 6.45) is 8.71. The van der Waals surface area contributed by atoms with Crippen LogP contribution in [0.4, 0.5) is 5.69 Å². The second-order valence-electron chi connectivity index (χ2n) is 9.34. The number of aromatic nitrogens is 2. The van der Waals surface area contributed by atoms with Crippen LogP contribution in [0.25, 0.3) is 10.9 Å². The van der Waals surface area contributed by atoms with Gasteiger partial charge in [-0.1, -0.05) is 51.6 Å². The summed E-state index contributed by atoms with van der Waals surface area (Å²) in [5.41, 5.74) is 9.07. The Labute approximate surface area is 216 Å². The molecule has 0 saturated carbocycles. The van der Waals surface area contributed by atoms with Gasteiger partial charge in [-0.25, -0.2) is 0 Å².